The van der Waals surface area contributed by atoms with Gasteiger partial charge in [-0.3, -0.25) is 9.78 Å². The van der Waals surface area contributed by atoms with Crippen molar-refractivity contribution in [3.05, 3.63) is 47.5 Å². The second-order valence-electron chi connectivity index (χ2n) is 4.32. The van der Waals surface area contributed by atoms with Gasteiger partial charge in [0.1, 0.15) is 0 Å². The van der Waals surface area contributed by atoms with Crippen molar-refractivity contribution in [3.63, 3.8) is 0 Å². The van der Waals surface area contributed by atoms with Crippen molar-refractivity contribution in [2.24, 2.45) is 0 Å². The summed E-state index contributed by atoms with van der Waals surface area (Å²) in [6.45, 7) is 4.27. The van der Waals surface area contributed by atoms with Gasteiger partial charge in [0.05, 0.1) is 18.0 Å². The van der Waals surface area contributed by atoms with E-state index >= 15 is 0 Å². The molecule has 0 spiro atoms. The Balaban J connectivity index is 1.80. The van der Waals surface area contributed by atoms with Gasteiger partial charge in [0.2, 0.25) is 5.91 Å². The van der Waals surface area contributed by atoms with Crippen LogP contribution in [0.5, 0.6) is 0 Å². The van der Waals surface area contributed by atoms with Crippen LogP contribution in [0.1, 0.15) is 17.1 Å². The lowest BCUT2D eigenvalue weighted by Crippen LogP contribution is -2.25. The van der Waals surface area contributed by atoms with Crippen LogP contribution in [-0.2, 0) is 11.3 Å². The minimum atomic E-state index is -0.0524. The lowest BCUT2D eigenvalue weighted by molar-refractivity contribution is -0.118. The molecule has 0 aliphatic carbocycles. The van der Waals surface area contributed by atoms with E-state index in [-0.39, 0.29) is 5.91 Å². The lowest BCUT2D eigenvalue weighted by atomic mass is 10.3. The van der Waals surface area contributed by atoms with Crippen molar-refractivity contribution >= 4 is 17.7 Å². The molecule has 5 nitrogen and oxygen atoms in total. The SMILES string of the molecule is Cc1cc(C)nc(SCC(=O)NCc2ccccn2)n1. The Labute approximate surface area is 122 Å². The van der Waals surface area contributed by atoms with Gasteiger partial charge in [0.15, 0.2) is 5.16 Å². The highest BCUT2D eigenvalue weighted by molar-refractivity contribution is 7.99. The number of aromatic nitrogens is 3. The fraction of sp³-hybridized carbons (Fsp3) is 0.286. The van der Waals surface area contributed by atoms with Crippen LogP contribution in [0.15, 0.2) is 35.6 Å². The number of nitrogens with zero attached hydrogens (tertiary/aromatic N) is 3. The number of thioether (sulfide) groups is 1. The van der Waals surface area contributed by atoms with Crippen LogP contribution in [0.2, 0.25) is 0 Å². The smallest absolute Gasteiger partial charge is 0.230 e. The maximum Gasteiger partial charge on any atom is 0.230 e. The summed E-state index contributed by atoms with van der Waals surface area (Å²) in [6.07, 6.45) is 1.71. The van der Waals surface area contributed by atoms with Gasteiger partial charge >= 0.3 is 0 Å². The number of nitrogens with one attached hydrogen (secondary N) is 1. The molecule has 2 heterocycles. The van der Waals surface area contributed by atoms with Gasteiger partial charge in [-0.25, -0.2) is 9.97 Å². The number of amides is 1. The number of hydrogen-bond donors (Lipinski definition) is 1. The van der Waals surface area contributed by atoms with Crippen LogP contribution < -0.4 is 5.32 Å². The van der Waals surface area contributed by atoms with Crippen LogP contribution in [0, 0.1) is 13.8 Å². The number of pyridine rings is 1. The summed E-state index contributed by atoms with van der Waals surface area (Å²) in [4.78, 5) is 24.5. The molecule has 20 heavy (non-hydrogen) atoms. The number of carbonyl (C=O) groups excluding carboxylic acids is 1. The Hall–Kier alpha value is -1.95. The summed E-state index contributed by atoms with van der Waals surface area (Å²) in [5, 5.41) is 3.46. The highest BCUT2D eigenvalue weighted by atomic mass is 32.2. The van der Waals surface area contributed by atoms with Gasteiger partial charge < -0.3 is 5.32 Å². The van der Waals surface area contributed by atoms with Crippen LogP contribution in [0.3, 0.4) is 0 Å². The van der Waals surface area contributed by atoms with E-state index in [0.29, 0.717) is 17.5 Å². The Bertz CT molecular complexity index is 569. The average Bonchev–Trinajstić information content (AvgIpc) is 2.43. The first-order chi connectivity index (χ1) is 9.63. The van der Waals surface area contributed by atoms with Crippen molar-refractivity contribution in [3.8, 4) is 0 Å². The maximum absolute atomic E-state index is 11.7. The summed E-state index contributed by atoms with van der Waals surface area (Å²) in [5.41, 5.74) is 2.66. The van der Waals surface area contributed by atoms with Gasteiger partial charge in [0.25, 0.3) is 0 Å². The van der Waals surface area contributed by atoms with Crippen molar-refractivity contribution in [1.29, 1.82) is 0 Å². The minimum Gasteiger partial charge on any atom is -0.350 e. The largest absolute Gasteiger partial charge is 0.350 e. The molecule has 6 heteroatoms. The molecule has 0 saturated carbocycles. The molecule has 2 aromatic rings. The average molecular weight is 288 g/mol. The third-order valence-electron chi connectivity index (χ3n) is 2.49. The first kappa shape index (κ1) is 14.5. The highest BCUT2D eigenvalue weighted by Gasteiger charge is 2.06. The van der Waals surface area contributed by atoms with Crippen molar-refractivity contribution in [2.75, 3.05) is 5.75 Å². The molecule has 0 aliphatic heterocycles. The van der Waals surface area contributed by atoms with Crippen LogP contribution in [0.4, 0.5) is 0 Å². The molecule has 0 bridgehead atoms. The van der Waals surface area contributed by atoms with Gasteiger partial charge in [-0.15, -0.1) is 0 Å². The Kier molecular flexibility index (Phi) is 5.06. The first-order valence-electron chi connectivity index (χ1n) is 6.25. The van der Waals surface area contributed by atoms with Crippen molar-refractivity contribution in [2.45, 2.75) is 25.5 Å². The molecule has 1 N–H and O–H groups in total. The van der Waals surface area contributed by atoms with Crippen LogP contribution in [-0.4, -0.2) is 26.6 Å². The maximum atomic E-state index is 11.7. The first-order valence-corrected chi connectivity index (χ1v) is 7.24. The molecule has 1 amide bonds. The van der Waals surface area contributed by atoms with E-state index in [1.54, 1.807) is 6.20 Å². The number of carbonyl (C=O) groups is 1. The molecule has 2 rings (SSSR count). The molecule has 104 valence electrons. The normalized spacial score (nSPS) is 10.3. The van der Waals surface area contributed by atoms with E-state index in [4.69, 9.17) is 0 Å². The number of hydrogen-bond acceptors (Lipinski definition) is 5. The van der Waals surface area contributed by atoms with Gasteiger partial charge in [-0.2, -0.15) is 0 Å². The molecular formula is C14H16N4OS. The summed E-state index contributed by atoms with van der Waals surface area (Å²) in [6, 6.07) is 7.52. The molecule has 0 saturated heterocycles. The third-order valence-corrected chi connectivity index (χ3v) is 3.33. The Morgan fingerprint density at radius 2 is 2.00 bits per heavy atom. The molecular weight excluding hydrogens is 272 g/mol. The van der Waals surface area contributed by atoms with E-state index in [0.717, 1.165) is 17.1 Å². The molecule has 0 aromatic carbocycles. The molecule has 0 radical (unpaired) electrons. The predicted octanol–water partition coefficient (Wildman–Crippen LogP) is 1.90. The molecule has 2 aromatic heterocycles. The van der Waals surface area contributed by atoms with Crippen LogP contribution in [0.25, 0.3) is 0 Å². The molecule has 0 atom stereocenters. The minimum absolute atomic E-state index is 0.0524. The summed E-state index contributed by atoms with van der Waals surface area (Å²) in [7, 11) is 0. The Morgan fingerprint density at radius 3 is 2.65 bits per heavy atom. The third kappa shape index (κ3) is 4.62. The highest BCUT2D eigenvalue weighted by Crippen LogP contribution is 2.13. The fourth-order valence-corrected chi connectivity index (χ4v) is 2.41. The van der Waals surface area contributed by atoms with Gasteiger partial charge in [0, 0.05) is 17.6 Å². The van der Waals surface area contributed by atoms with Crippen molar-refractivity contribution in [1.82, 2.24) is 20.3 Å². The van der Waals surface area contributed by atoms with E-state index < -0.39 is 0 Å². The van der Waals surface area contributed by atoms with E-state index in [1.165, 1.54) is 11.8 Å². The standard InChI is InChI=1S/C14H16N4OS/c1-10-7-11(2)18-14(17-10)20-9-13(19)16-8-12-5-3-4-6-15-12/h3-7H,8-9H2,1-2H3,(H,16,19). The summed E-state index contributed by atoms with van der Waals surface area (Å²) < 4.78 is 0. The van der Waals surface area contributed by atoms with Crippen LogP contribution >= 0.6 is 11.8 Å². The zero-order valence-corrected chi connectivity index (χ0v) is 12.3. The zero-order valence-electron chi connectivity index (χ0n) is 11.5. The lowest BCUT2D eigenvalue weighted by Gasteiger charge is -2.05. The molecule has 0 unspecified atom stereocenters. The predicted molar refractivity (Wildman–Crippen MR) is 78.3 cm³/mol. The zero-order chi connectivity index (χ0) is 14.4. The second-order valence-corrected chi connectivity index (χ2v) is 5.26. The second kappa shape index (κ2) is 7.00. The van der Waals surface area contributed by atoms with E-state index in [1.807, 2.05) is 38.1 Å². The number of rotatable bonds is 5. The molecule has 0 aliphatic rings. The van der Waals surface area contributed by atoms with E-state index in [9.17, 15) is 4.79 Å². The fourth-order valence-electron chi connectivity index (χ4n) is 1.63. The van der Waals surface area contributed by atoms with Crippen molar-refractivity contribution < 1.29 is 4.79 Å². The topological polar surface area (TPSA) is 67.8 Å². The molecule has 0 fully saturated rings. The van der Waals surface area contributed by atoms with E-state index in [2.05, 4.69) is 20.3 Å². The summed E-state index contributed by atoms with van der Waals surface area (Å²) >= 11 is 1.34. The summed E-state index contributed by atoms with van der Waals surface area (Å²) in [5.74, 6) is 0.249. The number of aryl methyl sites for hydroxylation is 2. The quantitative estimate of drug-likeness (QED) is 0.672. The monoisotopic (exact) mass is 288 g/mol. The van der Waals surface area contributed by atoms with Gasteiger partial charge in [-0.05, 0) is 32.0 Å². The van der Waals surface area contributed by atoms with Gasteiger partial charge in [-0.1, -0.05) is 17.8 Å². The Morgan fingerprint density at radius 1 is 1.25 bits per heavy atom.